The number of fused-ring (bicyclic) bond motifs is 1. The van der Waals surface area contributed by atoms with Crippen LogP contribution in [0.25, 0.3) is 6.08 Å². The van der Waals surface area contributed by atoms with Gasteiger partial charge in [0.15, 0.2) is 4.67 Å². The summed E-state index contributed by atoms with van der Waals surface area (Å²) >= 11 is 3.35. The minimum Gasteiger partial charge on any atom is -0.454 e. The van der Waals surface area contributed by atoms with Crippen molar-refractivity contribution in [3.8, 4) is 0 Å². The van der Waals surface area contributed by atoms with E-state index in [4.69, 9.17) is 4.42 Å². The lowest BCUT2D eigenvalue weighted by molar-refractivity contribution is 0.506. The molecule has 0 N–H and O–H groups in total. The van der Waals surface area contributed by atoms with Crippen molar-refractivity contribution < 1.29 is 4.42 Å². The van der Waals surface area contributed by atoms with Gasteiger partial charge >= 0.3 is 0 Å². The van der Waals surface area contributed by atoms with Crippen molar-refractivity contribution in [2.45, 2.75) is 13.3 Å². The molecule has 0 spiro atoms. The van der Waals surface area contributed by atoms with Gasteiger partial charge in [-0.25, -0.2) is 0 Å². The summed E-state index contributed by atoms with van der Waals surface area (Å²) < 4.78 is 6.22. The first kappa shape index (κ1) is 6.23. The first-order chi connectivity index (χ1) is 4.79. The van der Waals surface area contributed by atoms with Gasteiger partial charge in [0.2, 0.25) is 0 Å². The zero-order valence-electron chi connectivity index (χ0n) is 5.65. The molecule has 0 saturated carbocycles. The van der Waals surface area contributed by atoms with Crippen LogP contribution in [-0.2, 0) is 6.42 Å². The molecule has 1 aromatic rings. The maximum absolute atomic E-state index is 5.35. The average Bonchev–Trinajstić information content (AvgIpc) is 2.39. The van der Waals surface area contributed by atoms with Crippen molar-refractivity contribution >= 4 is 22.0 Å². The van der Waals surface area contributed by atoms with Crippen LogP contribution in [-0.4, -0.2) is 0 Å². The molecule has 0 saturated heterocycles. The average molecular weight is 199 g/mol. The smallest absolute Gasteiger partial charge is 0.176 e. The normalized spacial score (nSPS) is 14.2. The van der Waals surface area contributed by atoms with Crippen LogP contribution >= 0.6 is 15.9 Å². The van der Waals surface area contributed by atoms with Gasteiger partial charge in [0.05, 0.1) is 0 Å². The Labute approximate surface area is 67.9 Å². The van der Waals surface area contributed by atoms with Gasteiger partial charge in [0.1, 0.15) is 5.76 Å². The van der Waals surface area contributed by atoms with Crippen molar-refractivity contribution in [2.75, 3.05) is 0 Å². The van der Waals surface area contributed by atoms with Crippen molar-refractivity contribution in [2.24, 2.45) is 0 Å². The van der Waals surface area contributed by atoms with Crippen molar-refractivity contribution in [1.82, 2.24) is 0 Å². The standard InChI is InChI=1S/C8H7BrO/c1-5-6-3-2-4-7(6)8(9)10-5/h2,4H,3H2,1H3. The molecule has 1 aromatic heterocycles. The largest absolute Gasteiger partial charge is 0.454 e. The molecule has 0 atom stereocenters. The fourth-order valence-electron chi connectivity index (χ4n) is 1.27. The van der Waals surface area contributed by atoms with E-state index in [0.29, 0.717) is 0 Å². The van der Waals surface area contributed by atoms with Gasteiger partial charge in [0, 0.05) is 11.1 Å². The van der Waals surface area contributed by atoms with Crippen LogP contribution in [0.5, 0.6) is 0 Å². The lowest BCUT2D eigenvalue weighted by Gasteiger charge is -1.85. The number of furan rings is 1. The van der Waals surface area contributed by atoms with E-state index in [1.165, 1.54) is 11.1 Å². The molecular formula is C8H7BrO. The molecule has 0 bridgehead atoms. The number of hydrogen-bond acceptors (Lipinski definition) is 1. The summed E-state index contributed by atoms with van der Waals surface area (Å²) in [4.78, 5) is 0. The van der Waals surface area contributed by atoms with E-state index < -0.39 is 0 Å². The molecule has 2 heteroatoms. The van der Waals surface area contributed by atoms with Crippen LogP contribution in [0, 0.1) is 6.92 Å². The predicted molar refractivity (Wildman–Crippen MR) is 43.9 cm³/mol. The third-order valence-corrected chi connectivity index (χ3v) is 2.40. The highest BCUT2D eigenvalue weighted by atomic mass is 79.9. The summed E-state index contributed by atoms with van der Waals surface area (Å²) in [7, 11) is 0. The fourth-order valence-corrected chi connectivity index (χ4v) is 1.89. The molecule has 10 heavy (non-hydrogen) atoms. The minimum absolute atomic E-state index is 0.869. The van der Waals surface area contributed by atoms with Crippen LogP contribution < -0.4 is 0 Å². The molecule has 52 valence electrons. The van der Waals surface area contributed by atoms with E-state index in [-0.39, 0.29) is 0 Å². The van der Waals surface area contributed by atoms with Gasteiger partial charge < -0.3 is 4.42 Å². The molecule has 0 aromatic carbocycles. The van der Waals surface area contributed by atoms with Gasteiger partial charge in [-0.3, -0.25) is 0 Å². The fraction of sp³-hybridized carbons (Fsp3) is 0.250. The molecule has 1 aliphatic carbocycles. The zero-order chi connectivity index (χ0) is 7.14. The zero-order valence-corrected chi connectivity index (χ0v) is 7.23. The highest BCUT2D eigenvalue weighted by Crippen LogP contribution is 2.32. The Morgan fingerprint density at radius 1 is 1.60 bits per heavy atom. The second kappa shape index (κ2) is 1.99. The molecule has 1 heterocycles. The Bertz CT molecular complexity index is 296. The van der Waals surface area contributed by atoms with Crippen molar-refractivity contribution in [1.29, 1.82) is 0 Å². The van der Waals surface area contributed by atoms with Crippen LogP contribution in [0.1, 0.15) is 16.9 Å². The first-order valence-electron chi connectivity index (χ1n) is 3.23. The highest BCUT2D eigenvalue weighted by molar-refractivity contribution is 9.10. The van der Waals surface area contributed by atoms with Gasteiger partial charge in [-0.1, -0.05) is 12.2 Å². The predicted octanol–water partition coefficient (Wildman–Crippen LogP) is 2.92. The van der Waals surface area contributed by atoms with E-state index in [2.05, 4.69) is 28.1 Å². The number of hydrogen-bond donors (Lipinski definition) is 0. The molecule has 0 fully saturated rings. The Balaban J connectivity index is 2.70. The molecule has 1 aliphatic rings. The number of allylic oxidation sites excluding steroid dienone is 1. The lowest BCUT2D eigenvalue weighted by Crippen LogP contribution is -1.76. The van der Waals surface area contributed by atoms with Crippen LogP contribution in [0.3, 0.4) is 0 Å². The SMILES string of the molecule is Cc1oc(Br)c2c1CC=C2. The molecule has 0 aliphatic heterocycles. The maximum Gasteiger partial charge on any atom is 0.176 e. The van der Waals surface area contributed by atoms with E-state index in [1.54, 1.807) is 0 Å². The van der Waals surface area contributed by atoms with Gasteiger partial charge in [-0.05, 0) is 29.3 Å². The summed E-state index contributed by atoms with van der Waals surface area (Å²) in [5.74, 6) is 1.03. The van der Waals surface area contributed by atoms with Crippen molar-refractivity contribution in [3.05, 3.63) is 27.6 Å². The highest BCUT2D eigenvalue weighted by Gasteiger charge is 2.15. The van der Waals surface area contributed by atoms with E-state index in [0.717, 1.165) is 16.9 Å². The Kier molecular flexibility index (Phi) is 1.24. The molecule has 0 amide bonds. The number of halogens is 1. The number of rotatable bonds is 0. The second-order valence-electron chi connectivity index (χ2n) is 2.43. The van der Waals surface area contributed by atoms with Crippen LogP contribution in [0.4, 0.5) is 0 Å². The van der Waals surface area contributed by atoms with E-state index in [9.17, 15) is 0 Å². The molecular weight excluding hydrogens is 192 g/mol. The topological polar surface area (TPSA) is 13.1 Å². The Morgan fingerprint density at radius 3 is 3.10 bits per heavy atom. The van der Waals surface area contributed by atoms with E-state index >= 15 is 0 Å². The summed E-state index contributed by atoms with van der Waals surface area (Å²) in [6.45, 7) is 2.00. The first-order valence-corrected chi connectivity index (χ1v) is 4.02. The van der Waals surface area contributed by atoms with Gasteiger partial charge in [-0.2, -0.15) is 0 Å². The minimum atomic E-state index is 0.869. The molecule has 2 rings (SSSR count). The molecule has 1 nitrogen and oxygen atoms in total. The third-order valence-electron chi connectivity index (χ3n) is 1.81. The van der Waals surface area contributed by atoms with E-state index in [1.807, 2.05) is 6.92 Å². The quantitative estimate of drug-likeness (QED) is 0.626. The van der Waals surface area contributed by atoms with Crippen molar-refractivity contribution in [3.63, 3.8) is 0 Å². The summed E-state index contributed by atoms with van der Waals surface area (Å²) in [5, 5.41) is 0. The molecule has 0 unspecified atom stereocenters. The Morgan fingerprint density at radius 2 is 2.40 bits per heavy atom. The Hall–Kier alpha value is -0.500. The summed E-state index contributed by atoms with van der Waals surface area (Å²) in [6.07, 6.45) is 5.27. The number of aryl methyl sites for hydroxylation is 1. The summed E-state index contributed by atoms with van der Waals surface area (Å²) in [5.41, 5.74) is 2.55. The van der Waals surface area contributed by atoms with Crippen LogP contribution in [0.15, 0.2) is 15.2 Å². The van der Waals surface area contributed by atoms with Gasteiger partial charge in [-0.15, -0.1) is 0 Å². The second-order valence-corrected chi connectivity index (χ2v) is 3.15. The third kappa shape index (κ3) is 0.686. The summed E-state index contributed by atoms with van der Waals surface area (Å²) in [6, 6.07) is 0. The van der Waals surface area contributed by atoms with Crippen LogP contribution in [0.2, 0.25) is 0 Å². The maximum atomic E-state index is 5.35. The van der Waals surface area contributed by atoms with Gasteiger partial charge in [0.25, 0.3) is 0 Å². The lowest BCUT2D eigenvalue weighted by atomic mass is 10.2. The monoisotopic (exact) mass is 198 g/mol. The molecule has 0 radical (unpaired) electrons.